The average Bonchev–Trinajstić information content (AvgIpc) is 3.26. The fraction of sp³-hybridized carbons (Fsp3) is 0.667. The number of carbonyl (C=O) groups is 1. The standard InChI is InChI=1S/C15H23N3O3/c1-10-12(14(20)17-13(16-10)11-6-7-11)15(21)18(2)8-4-3-5-9-19/h11,19H,3-9H2,1-2H3,(H,16,17,20). The Morgan fingerprint density at radius 2 is 2.10 bits per heavy atom. The van der Waals surface area contributed by atoms with Crippen molar-refractivity contribution in [3.63, 3.8) is 0 Å². The molecule has 1 aromatic heterocycles. The first-order chi connectivity index (χ1) is 10.0. The Bertz CT molecular complexity index is 564. The molecule has 1 amide bonds. The molecule has 1 fully saturated rings. The van der Waals surface area contributed by atoms with Crippen molar-refractivity contribution in [2.24, 2.45) is 0 Å². The predicted octanol–water partition coefficient (Wildman–Crippen LogP) is 1.19. The lowest BCUT2D eigenvalue weighted by Crippen LogP contribution is -2.34. The molecule has 1 heterocycles. The second-order valence-corrected chi connectivity index (χ2v) is 5.70. The largest absolute Gasteiger partial charge is 0.396 e. The first-order valence-electron chi connectivity index (χ1n) is 7.51. The lowest BCUT2D eigenvalue weighted by Gasteiger charge is -2.17. The number of carbonyl (C=O) groups excluding carboxylic acids is 1. The van der Waals surface area contributed by atoms with Gasteiger partial charge in [0.1, 0.15) is 11.4 Å². The molecule has 0 aliphatic heterocycles. The number of aromatic amines is 1. The van der Waals surface area contributed by atoms with E-state index >= 15 is 0 Å². The third kappa shape index (κ3) is 3.91. The first-order valence-corrected chi connectivity index (χ1v) is 7.51. The topological polar surface area (TPSA) is 86.3 Å². The van der Waals surface area contributed by atoms with E-state index in [9.17, 15) is 9.59 Å². The molecule has 1 aliphatic rings. The summed E-state index contributed by atoms with van der Waals surface area (Å²) in [6.45, 7) is 2.46. The van der Waals surface area contributed by atoms with Gasteiger partial charge in [0.25, 0.3) is 11.5 Å². The molecule has 1 aromatic rings. The number of hydrogen-bond donors (Lipinski definition) is 2. The normalized spacial score (nSPS) is 14.2. The lowest BCUT2D eigenvalue weighted by molar-refractivity contribution is 0.0789. The van der Waals surface area contributed by atoms with Crippen molar-refractivity contribution >= 4 is 5.91 Å². The molecule has 0 saturated heterocycles. The Hall–Kier alpha value is -1.69. The summed E-state index contributed by atoms with van der Waals surface area (Å²) in [4.78, 5) is 33.2. The van der Waals surface area contributed by atoms with Crippen molar-refractivity contribution in [2.45, 2.75) is 44.9 Å². The molecule has 0 unspecified atom stereocenters. The number of aromatic nitrogens is 2. The van der Waals surface area contributed by atoms with E-state index in [2.05, 4.69) is 9.97 Å². The van der Waals surface area contributed by atoms with Gasteiger partial charge in [0.15, 0.2) is 0 Å². The number of amides is 1. The molecule has 21 heavy (non-hydrogen) atoms. The summed E-state index contributed by atoms with van der Waals surface area (Å²) in [5.41, 5.74) is 0.313. The van der Waals surface area contributed by atoms with Gasteiger partial charge in [-0.15, -0.1) is 0 Å². The third-order valence-corrected chi connectivity index (χ3v) is 3.79. The van der Waals surface area contributed by atoms with Gasteiger partial charge < -0.3 is 15.0 Å². The second kappa shape index (κ2) is 6.85. The summed E-state index contributed by atoms with van der Waals surface area (Å²) in [6.07, 6.45) is 4.52. The molecular formula is C15H23N3O3. The van der Waals surface area contributed by atoms with E-state index in [-0.39, 0.29) is 23.6 Å². The Kier molecular flexibility index (Phi) is 5.12. The van der Waals surface area contributed by atoms with Crippen LogP contribution in [-0.4, -0.2) is 46.1 Å². The lowest BCUT2D eigenvalue weighted by atomic mass is 10.2. The van der Waals surface area contributed by atoms with Gasteiger partial charge in [0.2, 0.25) is 0 Å². The van der Waals surface area contributed by atoms with Gasteiger partial charge >= 0.3 is 0 Å². The molecule has 0 aromatic carbocycles. The van der Waals surface area contributed by atoms with Crippen LogP contribution in [0.4, 0.5) is 0 Å². The van der Waals surface area contributed by atoms with Crippen LogP contribution in [0.2, 0.25) is 0 Å². The molecule has 2 rings (SSSR count). The highest BCUT2D eigenvalue weighted by Crippen LogP contribution is 2.37. The number of aliphatic hydroxyl groups excluding tert-OH is 1. The summed E-state index contributed by atoms with van der Waals surface area (Å²) in [5, 5.41) is 8.73. The fourth-order valence-electron chi connectivity index (χ4n) is 2.34. The Morgan fingerprint density at radius 1 is 1.38 bits per heavy atom. The number of nitrogens with zero attached hydrogens (tertiary/aromatic N) is 2. The minimum atomic E-state index is -0.336. The maximum atomic E-state index is 12.4. The third-order valence-electron chi connectivity index (χ3n) is 3.79. The number of H-pyrrole nitrogens is 1. The highest BCUT2D eigenvalue weighted by Gasteiger charge is 2.28. The number of unbranched alkanes of at least 4 members (excludes halogenated alkanes) is 2. The van der Waals surface area contributed by atoms with Gasteiger partial charge in [0, 0.05) is 26.1 Å². The van der Waals surface area contributed by atoms with Crippen LogP contribution in [0.1, 0.15) is 59.9 Å². The van der Waals surface area contributed by atoms with Crippen molar-refractivity contribution < 1.29 is 9.90 Å². The molecule has 1 saturated carbocycles. The minimum Gasteiger partial charge on any atom is -0.396 e. The van der Waals surface area contributed by atoms with E-state index in [1.165, 1.54) is 0 Å². The van der Waals surface area contributed by atoms with Gasteiger partial charge in [0.05, 0.1) is 5.69 Å². The molecular weight excluding hydrogens is 270 g/mol. The number of nitrogens with one attached hydrogen (secondary N) is 1. The number of rotatable bonds is 7. The summed E-state index contributed by atoms with van der Waals surface area (Å²) < 4.78 is 0. The summed E-state index contributed by atoms with van der Waals surface area (Å²) in [6, 6.07) is 0. The maximum Gasteiger partial charge on any atom is 0.264 e. The minimum absolute atomic E-state index is 0.143. The van der Waals surface area contributed by atoms with Crippen molar-refractivity contribution in [1.29, 1.82) is 0 Å². The van der Waals surface area contributed by atoms with Crippen molar-refractivity contribution in [2.75, 3.05) is 20.2 Å². The van der Waals surface area contributed by atoms with Gasteiger partial charge in [-0.25, -0.2) is 4.98 Å². The van der Waals surface area contributed by atoms with Crippen LogP contribution in [-0.2, 0) is 0 Å². The molecule has 116 valence electrons. The quantitative estimate of drug-likeness (QED) is 0.739. The average molecular weight is 293 g/mol. The number of hydrogen-bond acceptors (Lipinski definition) is 4. The predicted molar refractivity (Wildman–Crippen MR) is 79.5 cm³/mol. The molecule has 0 atom stereocenters. The smallest absolute Gasteiger partial charge is 0.264 e. The van der Waals surface area contributed by atoms with Gasteiger partial charge in [-0.2, -0.15) is 0 Å². The second-order valence-electron chi connectivity index (χ2n) is 5.70. The Morgan fingerprint density at radius 3 is 2.67 bits per heavy atom. The Balaban J connectivity index is 2.06. The maximum absolute atomic E-state index is 12.4. The molecule has 2 N–H and O–H groups in total. The van der Waals surface area contributed by atoms with Crippen molar-refractivity contribution in [1.82, 2.24) is 14.9 Å². The van der Waals surface area contributed by atoms with Crippen LogP contribution < -0.4 is 5.56 Å². The molecule has 1 aliphatic carbocycles. The number of aryl methyl sites for hydroxylation is 1. The van der Waals surface area contributed by atoms with E-state index < -0.39 is 0 Å². The SMILES string of the molecule is Cc1nc(C2CC2)[nH]c(=O)c1C(=O)N(C)CCCCCO. The Labute approximate surface area is 124 Å². The van der Waals surface area contributed by atoms with Gasteiger partial charge in [-0.3, -0.25) is 9.59 Å². The monoisotopic (exact) mass is 293 g/mol. The van der Waals surface area contributed by atoms with E-state index in [4.69, 9.17) is 5.11 Å². The van der Waals surface area contributed by atoms with Crippen LogP contribution in [0.15, 0.2) is 4.79 Å². The summed E-state index contributed by atoms with van der Waals surface area (Å²) in [5.74, 6) is 0.781. The van der Waals surface area contributed by atoms with E-state index in [0.29, 0.717) is 24.0 Å². The highest BCUT2D eigenvalue weighted by atomic mass is 16.3. The fourth-order valence-corrected chi connectivity index (χ4v) is 2.34. The van der Waals surface area contributed by atoms with Gasteiger partial charge in [-0.1, -0.05) is 0 Å². The zero-order valence-corrected chi connectivity index (χ0v) is 12.7. The zero-order chi connectivity index (χ0) is 15.4. The molecule has 0 spiro atoms. The van der Waals surface area contributed by atoms with Crippen molar-refractivity contribution in [3.8, 4) is 0 Å². The van der Waals surface area contributed by atoms with Crippen LogP contribution in [0, 0.1) is 6.92 Å². The summed E-state index contributed by atoms with van der Waals surface area (Å²) in [7, 11) is 1.69. The summed E-state index contributed by atoms with van der Waals surface area (Å²) >= 11 is 0. The molecule has 6 heteroatoms. The highest BCUT2D eigenvalue weighted by molar-refractivity contribution is 5.94. The molecule has 0 bridgehead atoms. The van der Waals surface area contributed by atoms with Crippen LogP contribution in [0.25, 0.3) is 0 Å². The molecule has 6 nitrogen and oxygen atoms in total. The van der Waals surface area contributed by atoms with E-state index in [1.54, 1.807) is 18.9 Å². The van der Waals surface area contributed by atoms with E-state index in [1.807, 2.05) is 0 Å². The van der Waals surface area contributed by atoms with Crippen LogP contribution >= 0.6 is 0 Å². The van der Waals surface area contributed by atoms with Crippen LogP contribution in [0.3, 0.4) is 0 Å². The van der Waals surface area contributed by atoms with Crippen LogP contribution in [0.5, 0.6) is 0 Å². The number of aliphatic hydroxyl groups is 1. The van der Waals surface area contributed by atoms with Gasteiger partial charge in [-0.05, 0) is 39.0 Å². The van der Waals surface area contributed by atoms with Crippen molar-refractivity contribution in [3.05, 3.63) is 27.4 Å². The zero-order valence-electron chi connectivity index (χ0n) is 12.7. The van der Waals surface area contributed by atoms with E-state index in [0.717, 1.165) is 32.1 Å². The first kappa shape index (κ1) is 15.7. The molecule has 0 radical (unpaired) electrons.